The number of fused-ring (bicyclic) bond motifs is 1. The van der Waals surface area contributed by atoms with Gasteiger partial charge in [0.25, 0.3) is 0 Å². The lowest BCUT2D eigenvalue weighted by Crippen LogP contribution is -2.61. The minimum atomic E-state index is -0.469. The Bertz CT molecular complexity index is 746. The fourth-order valence-electron chi connectivity index (χ4n) is 3.10. The van der Waals surface area contributed by atoms with Crippen LogP contribution in [0.25, 0.3) is 0 Å². The van der Waals surface area contributed by atoms with E-state index in [4.69, 9.17) is 9.47 Å². The number of β-lactam (4-membered cyclic amide) rings is 1. The smallest absolute Gasteiger partial charge is 0.355 e. The summed E-state index contributed by atoms with van der Waals surface area (Å²) in [6, 6.07) is 9.43. The average molecular weight is 375 g/mol. The Hall–Kier alpha value is -2.28. The molecule has 138 valence electrons. The normalized spacial score (nSPS) is 21.8. The molecule has 2 aliphatic rings. The topological polar surface area (TPSA) is 72.9 Å². The van der Waals surface area contributed by atoms with E-state index in [0.29, 0.717) is 17.9 Å². The number of amides is 1. The Morgan fingerprint density at radius 3 is 2.65 bits per heavy atom. The summed E-state index contributed by atoms with van der Waals surface area (Å²) in [6.45, 7) is 3.58. The molecule has 2 atom stereocenters. The highest BCUT2D eigenvalue weighted by Crippen LogP contribution is 2.45. The van der Waals surface area contributed by atoms with Gasteiger partial charge in [0.1, 0.15) is 12.3 Å². The highest BCUT2D eigenvalue weighted by atomic mass is 32.2. The lowest BCUT2D eigenvalue weighted by atomic mass is 9.93. The van der Waals surface area contributed by atoms with Crippen LogP contribution in [-0.4, -0.2) is 40.5 Å². The molecule has 0 bridgehead atoms. The monoisotopic (exact) mass is 375 g/mol. The number of hydrogen-bond acceptors (Lipinski definition) is 6. The summed E-state index contributed by atoms with van der Waals surface area (Å²) in [6.07, 6.45) is 0.470. The minimum Gasteiger partial charge on any atom is -0.466 e. The molecule has 3 rings (SSSR count). The van der Waals surface area contributed by atoms with Crippen LogP contribution in [0.3, 0.4) is 0 Å². The van der Waals surface area contributed by atoms with Crippen molar-refractivity contribution in [3.63, 3.8) is 0 Å². The summed E-state index contributed by atoms with van der Waals surface area (Å²) in [7, 11) is 0. The van der Waals surface area contributed by atoms with Crippen molar-refractivity contribution in [1.82, 2.24) is 4.90 Å². The maximum atomic E-state index is 12.6. The van der Waals surface area contributed by atoms with Crippen LogP contribution in [0.1, 0.15) is 25.8 Å². The predicted octanol–water partition coefficient (Wildman–Crippen LogP) is 2.49. The van der Waals surface area contributed by atoms with Gasteiger partial charge >= 0.3 is 11.9 Å². The first-order chi connectivity index (χ1) is 12.5. The van der Waals surface area contributed by atoms with Crippen molar-refractivity contribution in [2.45, 2.75) is 32.2 Å². The van der Waals surface area contributed by atoms with Gasteiger partial charge in [0.2, 0.25) is 5.91 Å². The Kier molecular flexibility index (Phi) is 5.66. The molecule has 1 saturated heterocycles. The van der Waals surface area contributed by atoms with Crippen molar-refractivity contribution in [3.8, 4) is 0 Å². The van der Waals surface area contributed by atoms with E-state index in [2.05, 4.69) is 0 Å². The van der Waals surface area contributed by atoms with Crippen molar-refractivity contribution in [2.75, 3.05) is 12.4 Å². The molecule has 7 heteroatoms. The van der Waals surface area contributed by atoms with E-state index in [1.165, 1.54) is 11.8 Å². The molecule has 1 amide bonds. The molecule has 0 saturated carbocycles. The van der Waals surface area contributed by atoms with Crippen molar-refractivity contribution < 1.29 is 23.9 Å². The largest absolute Gasteiger partial charge is 0.466 e. The lowest BCUT2D eigenvalue weighted by Gasteiger charge is -2.49. The van der Waals surface area contributed by atoms with Gasteiger partial charge in [-0.25, -0.2) is 4.79 Å². The van der Waals surface area contributed by atoms with Crippen molar-refractivity contribution >= 4 is 29.6 Å². The number of hydrogen-bond donors (Lipinski definition) is 0. The standard InChI is InChI=1S/C19H21NO5S/c1-12-11-26-18-15(8-9-24-13(2)21)17(22)20(18)16(12)19(23)25-10-14-6-4-3-5-7-14/h3-7,15,18H,8-11H2,1-2H3/t15-,18-/m0/s1. The Labute approximate surface area is 156 Å². The van der Waals surface area contributed by atoms with Crippen LogP contribution in [-0.2, 0) is 30.5 Å². The summed E-state index contributed by atoms with van der Waals surface area (Å²) in [5.74, 6) is -0.493. The molecule has 6 nitrogen and oxygen atoms in total. The van der Waals surface area contributed by atoms with Crippen molar-refractivity contribution in [2.24, 2.45) is 5.92 Å². The number of ether oxygens (including phenoxy) is 2. The molecule has 0 spiro atoms. The fraction of sp³-hybridized carbons (Fsp3) is 0.421. The third kappa shape index (κ3) is 3.77. The van der Waals surface area contributed by atoms with E-state index in [0.717, 1.165) is 11.1 Å². The van der Waals surface area contributed by atoms with E-state index in [-0.39, 0.29) is 36.4 Å². The van der Waals surface area contributed by atoms with E-state index in [9.17, 15) is 14.4 Å². The van der Waals surface area contributed by atoms with Crippen LogP contribution in [0.15, 0.2) is 41.6 Å². The summed E-state index contributed by atoms with van der Waals surface area (Å²) in [5.41, 5.74) is 2.10. The van der Waals surface area contributed by atoms with E-state index < -0.39 is 5.97 Å². The third-order valence-corrected chi connectivity index (χ3v) is 5.89. The highest BCUT2D eigenvalue weighted by molar-refractivity contribution is 8.00. The Morgan fingerprint density at radius 1 is 1.23 bits per heavy atom. The van der Waals surface area contributed by atoms with Crippen LogP contribution in [0.5, 0.6) is 0 Å². The summed E-state index contributed by atoms with van der Waals surface area (Å²) >= 11 is 1.63. The maximum absolute atomic E-state index is 12.6. The zero-order chi connectivity index (χ0) is 18.7. The second-order valence-corrected chi connectivity index (χ2v) is 7.44. The van der Waals surface area contributed by atoms with Crippen molar-refractivity contribution in [3.05, 3.63) is 47.2 Å². The van der Waals surface area contributed by atoms with Gasteiger partial charge < -0.3 is 9.47 Å². The molecule has 0 N–H and O–H groups in total. The predicted molar refractivity (Wildman–Crippen MR) is 96.8 cm³/mol. The molecular weight excluding hydrogens is 354 g/mol. The van der Waals surface area contributed by atoms with Crippen LogP contribution in [0, 0.1) is 5.92 Å². The van der Waals surface area contributed by atoms with Gasteiger partial charge in [-0.3, -0.25) is 14.5 Å². The number of benzene rings is 1. The molecule has 1 aromatic rings. The lowest BCUT2D eigenvalue weighted by molar-refractivity contribution is -0.156. The van der Waals surface area contributed by atoms with Crippen LogP contribution in [0.4, 0.5) is 0 Å². The van der Waals surface area contributed by atoms with E-state index in [1.807, 2.05) is 37.3 Å². The van der Waals surface area contributed by atoms with Gasteiger partial charge in [-0.15, -0.1) is 11.8 Å². The van der Waals surface area contributed by atoms with Gasteiger partial charge in [0, 0.05) is 12.7 Å². The number of carbonyl (C=O) groups is 3. The van der Waals surface area contributed by atoms with Gasteiger partial charge in [0.05, 0.1) is 17.9 Å². The van der Waals surface area contributed by atoms with Gasteiger partial charge in [0.15, 0.2) is 0 Å². The molecular formula is C19H21NO5S. The SMILES string of the molecule is CC(=O)OCC[C@H]1C(=O)N2C(C(=O)OCc3ccccc3)=C(C)CS[C@@H]12. The minimum absolute atomic E-state index is 0.0963. The highest BCUT2D eigenvalue weighted by Gasteiger charge is 2.52. The zero-order valence-electron chi connectivity index (χ0n) is 14.8. The number of nitrogens with zero attached hydrogens (tertiary/aromatic N) is 1. The molecule has 2 heterocycles. The molecule has 0 radical (unpaired) electrons. The number of carbonyl (C=O) groups excluding carboxylic acids is 3. The van der Waals surface area contributed by atoms with Gasteiger partial charge in [-0.2, -0.15) is 0 Å². The Morgan fingerprint density at radius 2 is 1.96 bits per heavy atom. The van der Waals surface area contributed by atoms with Crippen LogP contribution < -0.4 is 0 Å². The van der Waals surface area contributed by atoms with E-state index >= 15 is 0 Å². The third-order valence-electron chi connectivity index (χ3n) is 4.41. The quantitative estimate of drug-likeness (QED) is 0.562. The molecule has 2 aliphatic heterocycles. The zero-order valence-corrected chi connectivity index (χ0v) is 15.6. The Balaban J connectivity index is 1.63. The number of esters is 2. The summed E-state index contributed by atoms with van der Waals surface area (Å²) in [4.78, 5) is 37.5. The first-order valence-corrected chi connectivity index (χ1v) is 9.52. The fourth-order valence-corrected chi connectivity index (χ4v) is 4.50. The number of thioether (sulfide) groups is 1. The molecule has 0 aliphatic carbocycles. The van der Waals surface area contributed by atoms with Gasteiger partial charge in [-0.1, -0.05) is 30.3 Å². The molecule has 1 aromatic carbocycles. The maximum Gasteiger partial charge on any atom is 0.355 e. The first kappa shape index (κ1) is 18.5. The average Bonchev–Trinajstić information content (AvgIpc) is 2.63. The molecule has 0 aromatic heterocycles. The first-order valence-electron chi connectivity index (χ1n) is 8.48. The molecule has 1 fully saturated rings. The van der Waals surface area contributed by atoms with E-state index in [1.54, 1.807) is 11.8 Å². The van der Waals surface area contributed by atoms with Crippen LogP contribution in [0.2, 0.25) is 0 Å². The van der Waals surface area contributed by atoms with Crippen molar-refractivity contribution in [1.29, 1.82) is 0 Å². The van der Waals surface area contributed by atoms with Crippen LogP contribution >= 0.6 is 11.8 Å². The molecule has 26 heavy (non-hydrogen) atoms. The second-order valence-electron chi connectivity index (χ2n) is 6.34. The molecule has 0 unspecified atom stereocenters. The number of rotatable bonds is 6. The summed E-state index contributed by atoms with van der Waals surface area (Å²) in [5, 5.41) is -0.0963. The summed E-state index contributed by atoms with van der Waals surface area (Å²) < 4.78 is 10.4. The second kappa shape index (κ2) is 7.95. The van der Waals surface area contributed by atoms with Gasteiger partial charge in [-0.05, 0) is 24.5 Å².